The lowest BCUT2D eigenvalue weighted by Gasteiger charge is -2.05. The first-order valence-corrected chi connectivity index (χ1v) is 6.75. The van der Waals surface area contributed by atoms with E-state index in [0.29, 0.717) is 13.0 Å². The molecule has 1 aromatic heterocycles. The van der Waals surface area contributed by atoms with Gasteiger partial charge in [0.05, 0.1) is 13.7 Å². The molecule has 2 amide bonds. The third kappa shape index (κ3) is 3.98. The second-order valence-electron chi connectivity index (χ2n) is 4.74. The third-order valence-electron chi connectivity index (χ3n) is 3.19. The van der Waals surface area contributed by atoms with E-state index in [9.17, 15) is 9.59 Å². The molecular formula is C15H19N3O3. The van der Waals surface area contributed by atoms with Crippen LogP contribution in [0.5, 0.6) is 5.75 Å². The molecule has 0 fully saturated rings. The summed E-state index contributed by atoms with van der Waals surface area (Å²) in [4.78, 5) is 25.4. The van der Waals surface area contributed by atoms with Gasteiger partial charge in [-0.05, 0) is 30.2 Å². The number of hydrogen-bond donors (Lipinski definition) is 3. The minimum atomic E-state index is -0.214. The van der Waals surface area contributed by atoms with Crippen molar-refractivity contribution in [1.29, 1.82) is 0 Å². The summed E-state index contributed by atoms with van der Waals surface area (Å²) in [5.41, 5.74) is 2.15. The molecule has 3 N–H and O–H groups in total. The highest BCUT2D eigenvalue weighted by atomic mass is 16.5. The number of carbonyl (C=O) groups excluding carboxylic acids is 2. The highest BCUT2D eigenvalue weighted by Crippen LogP contribution is 2.23. The van der Waals surface area contributed by atoms with Gasteiger partial charge in [0.2, 0.25) is 11.8 Å². The number of fused-ring (bicyclic) bond motifs is 1. The molecule has 0 bridgehead atoms. The highest BCUT2D eigenvalue weighted by Gasteiger charge is 2.06. The monoisotopic (exact) mass is 289 g/mol. The van der Waals surface area contributed by atoms with Gasteiger partial charge in [0.1, 0.15) is 5.75 Å². The summed E-state index contributed by atoms with van der Waals surface area (Å²) < 4.78 is 5.22. The van der Waals surface area contributed by atoms with Crippen LogP contribution in [0.15, 0.2) is 24.4 Å². The van der Waals surface area contributed by atoms with Gasteiger partial charge < -0.3 is 20.4 Å². The first-order chi connectivity index (χ1) is 10.1. The van der Waals surface area contributed by atoms with Gasteiger partial charge in [0.25, 0.3) is 0 Å². The fraction of sp³-hybridized carbons (Fsp3) is 0.333. The maximum atomic E-state index is 11.5. The average Bonchev–Trinajstić information content (AvgIpc) is 2.87. The molecule has 2 aromatic rings. The van der Waals surface area contributed by atoms with E-state index >= 15 is 0 Å². The Morgan fingerprint density at radius 2 is 2.10 bits per heavy atom. The topological polar surface area (TPSA) is 83.2 Å². The van der Waals surface area contributed by atoms with E-state index in [2.05, 4.69) is 15.6 Å². The molecule has 1 heterocycles. The summed E-state index contributed by atoms with van der Waals surface area (Å²) in [5.74, 6) is 0.398. The van der Waals surface area contributed by atoms with E-state index in [1.54, 1.807) is 7.11 Å². The number of benzene rings is 1. The van der Waals surface area contributed by atoms with Gasteiger partial charge in [-0.3, -0.25) is 9.59 Å². The lowest BCUT2D eigenvalue weighted by Crippen LogP contribution is -2.36. The number of hydrogen-bond acceptors (Lipinski definition) is 3. The second kappa shape index (κ2) is 6.78. The summed E-state index contributed by atoms with van der Waals surface area (Å²) in [6.45, 7) is 1.91. The minimum absolute atomic E-state index is 0.0110. The van der Waals surface area contributed by atoms with Crippen LogP contribution in [0.25, 0.3) is 10.9 Å². The Bertz CT molecular complexity index is 649. The quantitative estimate of drug-likeness (QED) is 0.741. The van der Waals surface area contributed by atoms with Gasteiger partial charge in [-0.1, -0.05) is 0 Å². The molecule has 0 atom stereocenters. The molecule has 0 saturated carbocycles. The zero-order chi connectivity index (χ0) is 15.2. The third-order valence-corrected chi connectivity index (χ3v) is 3.19. The van der Waals surface area contributed by atoms with Gasteiger partial charge in [0, 0.05) is 30.6 Å². The maximum Gasteiger partial charge on any atom is 0.239 e. The van der Waals surface area contributed by atoms with Gasteiger partial charge in [0.15, 0.2) is 0 Å². The number of aromatic nitrogens is 1. The van der Waals surface area contributed by atoms with E-state index in [1.165, 1.54) is 6.92 Å². The maximum absolute atomic E-state index is 11.5. The molecule has 0 unspecified atom stereocenters. The number of nitrogens with one attached hydrogen (secondary N) is 3. The van der Waals surface area contributed by atoms with Crippen LogP contribution in [0.4, 0.5) is 0 Å². The van der Waals surface area contributed by atoms with Crippen LogP contribution in [0.1, 0.15) is 12.5 Å². The Kier molecular flexibility index (Phi) is 4.81. The van der Waals surface area contributed by atoms with Crippen LogP contribution in [0.3, 0.4) is 0 Å². The van der Waals surface area contributed by atoms with Gasteiger partial charge in [-0.25, -0.2) is 0 Å². The van der Waals surface area contributed by atoms with E-state index < -0.39 is 0 Å². The standard InChI is InChI=1S/C15H19N3O3/c1-10(19)17-9-15(20)16-6-5-11-8-18-14-4-3-12(21-2)7-13(11)14/h3-4,7-8,18H,5-6,9H2,1-2H3,(H,16,20)(H,17,19). The summed E-state index contributed by atoms with van der Waals surface area (Å²) in [6, 6.07) is 5.84. The van der Waals surface area contributed by atoms with Crippen molar-refractivity contribution in [2.45, 2.75) is 13.3 Å². The first kappa shape index (κ1) is 14.9. The molecule has 1 aromatic carbocycles. The Morgan fingerprint density at radius 1 is 1.29 bits per heavy atom. The van der Waals surface area contributed by atoms with Crippen LogP contribution in [0.2, 0.25) is 0 Å². The Hall–Kier alpha value is -2.50. The first-order valence-electron chi connectivity index (χ1n) is 6.75. The van der Waals surface area contributed by atoms with Gasteiger partial charge in [-0.2, -0.15) is 0 Å². The number of rotatable bonds is 6. The molecule has 0 saturated heterocycles. The largest absolute Gasteiger partial charge is 0.497 e. The summed E-state index contributed by atoms with van der Waals surface area (Å²) in [5, 5.41) is 6.32. The number of aromatic amines is 1. The molecule has 0 radical (unpaired) electrons. The van der Waals surface area contributed by atoms with Crippen LogP contribution < -0.4 is 15.4 Å². The predicted molar refractivity (Wildman–Crippen MR) is 80.2 cm³/mol. The lowest BCUT2D eigenvalue weighted by molar-refractivity contribution is -0.125. The molecule has 0 aliphatic carbocycles. The van der Waals surface area contributed by atoms with E-state index in [4.69, 9.17) is 4.74 Å². The number of methoxy groups -OCH3 is 1. The molecule has 112 valence electrons. The number of ether oxygens (including phenoxy) is 1. The molecule has 6 nitrogen and oxygen atoms in total. The van der Waals surface area contributed by atoms with Crippen LogP contribution >= 0.6 is 0 Å². The normalized spacial score (nSPS) is 10.4. The summed E-state index contributed by atoms with van der Waals surface area (Å²) >= 11 is 0. The van der Waals surface area contributed by atoms with Crippen molar-refractivity contribution in [2.75, 3.05) is 20.2 Å². The highest BCUT2D eigenvalue weighted by molar-refractivity contribution is 5.85. The summed E-state index contributed by atoms with van der Waals surface area (Å²) in [6.07, 6.45) is 2.64. The van der Waals surface area contributed by atoms with Crippen molar-refractivity contribution < 1.29 is 14.3 Å². The number of carbonyl (C=O) groups is 2. The zero-order valence-electron chi connectivity index (χ0n) is 12.2. The van der Waals surface area contributed by atoms with Crippen molar-refractivity contribution in [3.8, 4) is 5.75 Å². The molecule has 0 aliphatic heterocycles. The van der Waals surface area contributed by atoms with Crippen molar-refractivity contribution in [3.05, 3.63) is 30.0 Å². The van der Waals surface area contributed by atoms with Crippen LogP contribution in [0, 0.1) is 0 Å². The van der Waals surface area contributed by atoms with Crippen molar-refractivity contribution in [2.24, 2.45) is 0 Å². The number of H-pyrrole nitrogens is 1. The molecule has 0 spiro atoms. The summed E-state index contributed by atoms with van der Waals surface area (Å²) in [7, 11) is 1.63. The Labute approximate surface area is 122 Å². The lowest BCUT2D eigenvalue weighted by atomic mass is 10.1. The van der Waals surface area contributed by atoms with E-state index in [1.807, 2.05) is 24.4 Å². The molecule has 6 heteroatoms. The Balaban J connectivity index is 1.91. The van der Waals surface area contributed by atoms with E-state index in [-0.39, 0.29) is 18.4 Å². The molecule has 2 rings (SSSR count). The minimum Gasteiger partial charge on any atom is -0.497 e. The second-order valence-corrected chi connectivity index (χ2v) is 4.74. The van der Waals surface area contributed by atoms with E-state index in [0.717, 1.165) is 22.2 Å². The zero-order valence-corrected chi connectivity index (χ0v) is 12.2. The average molecular weight is 289 g/mol. The van der Waals surface area contributed by atoms with Crippen LogP contribution in [-0.2, 0) is 16.0 Å². The molecule has 21 heavy (non-hydrogen) atoms. The van der Waals surface area contributed by atoms with Gasteiger partial charge >= 0.3 is 0 Å². The SMILES string of the molecule is COc1ccc2[nH]cc(CCNC(=O)CNC(C)=O)c2c1. The Morgan fingerprint density at radius 3 is 2.81 bits per heavy atom. The van der Waals surface area contributed by atoms with Crippen molar-refractivity contribution >= 4 is 22.7 Å². The van der Waals surface area contributed by atoms with Crippen molar-refractivity contribution in [1.82, 2.24) is 15.6 Å². The fourth-order valence-electron chi connectivity index (χ4n) is 2.10. The van der Waals surface area contributed by atoms with Crippen LogP contribution in [-0.4, -0.2) is 37.0 Å². The smallest absolute Gasteiger partial charge is 0.239 e. The fourth-order valence-corrected chi connectivity index (χ4v) is 2.10. The predicted octanol–water partition coefficient (Wildman–Crippen LogP) is 0.971. The van der Waals surface area contributed by atoms with Crippen molar-refractivity contribution in [3.63, 3.8) is 0 Å². The molecule has 0 aliphatic rings. The number of amides is 2. The van der Waals surface area contributed by atoms with Gasteiger partial charge in [-0.15, -0.1) is 0 Å². The molecular weight excluding hydrogens is 270 g/mol.